The van der Waals surface area contributed by atoms with Gasteiger partial charge in [-0.15, -0.1) is 11.3 Å². The Bertz CT molecular complexity index is 936. The fraction of sp³-hybridized carbons (Fsp3) is 0.0526. The van der Waals surface area contributed by atoms with E-state index in [1.54, 1.807) is 12.1 Å². The summed E-state index contributed by atoms with van der Waals surface area (Å²) < 4.78 is 0. The molecular weight excluding hydrogens is 377 g/mol. The normalized spacial score (nSPS) is 11.1. The Balaban J connectivity index is 1.95. The van der Waals surface area contributed by atoms with Crippen molar-refractivity contribution in [3.63, 3.8) is 0 Å². The van der Waals surface area contributed by atoms with Crippen molar-refractivity contribution >= 4 is 52.7 Å². The van der Waals surface area contributed by atoms with Crippen molar-refractivity contribution in [3.05, 3.63) is 74.0 Å². The number of carboxylic acid groups (broad SMARTS) is 1. The van der Waals surface area contributed by atoms with E-state index in [0.29, 0.717) is 15.7 Å². The third kappa shape index (κ3) is 4.48. The number of thiazole rings is 1. The average molecular weight is 390 g/mol. The van der Waals surface area contributed by atoms with Crippen LogP contribution in [0.4, 0.5) is 0 Å². The minimum Gasteiger partial charge on any atom is -0.481 e. The van der Waals surface area contributed by atoms with Crippen molar-refractivity contribution in [2.75, 3.05) is 0 Å². The summed E-state index contributed by atoms with van der Waals surface area (Å²) in [5, 5.41) is 11.0. The Hall–Kier alpha value is -2.14. The monoisotopic (exact) mass is 389 g/mol. The SMILES string of the molecule is O=C(O)Cc1sc(/C=C/c2ccc(Cl)cc2Cl)nc1-c1ccccc1. The number of hydrogen-bond acceptors (Lipinski definition) is 3. The summed E-state index contributed by atoms with van der Waals surface area (Å²) in [5.74, 6) is -0.878. The van der Waals surface area contributed by atoms with Crippen LogP contribution < -0.4 is 0 Å². The molecule has 0 atom stereocenters. The van der Waals surface area contributed by atoms with Gasteiger partial charge in [-0.1, -0.05) is 65.7 Å². The highest BCUT2D eigenvalue weighted by atomic mass is 35.5. The van der Waals surface area contributed by atoms with Gasteiger partial charge < -0.3 is 5.11 Å². The first-order valence-electron chi connectivity index (χ1n) is 7.43. The van der Waals surface area contributed by atoms with E-state index in [9.17, 15) is 4.79 Å². The third-order valence-electron chi connectivity index (χ3n) is 3.44. The lowest BCUT2D eigenvalue weighted by molar-refractivity contribution is -0.136. The summed E-state index contributed by atoms with van der Waals surface area (Å²) in [4.78, 5) is 16.5. The van der Waals surface area contributed by atoms with E-state index in [-0.39, 0.29) is 6.42 Å². The molecule has 1 heterocycles. The smallest absolute Gasteiger partial charge is 0.308 e. The van der Waals surface area contributed by atoms with E-state index < -0.39 is 5.97 Å². The molecule has 3 nitrogen and oxygen atoms in total. The highest BCUT2D eigenvalue weighted by Crippen LogP contribution is 2.30. The first-order chi connectivity index (χ1) is 12.0. The first-order valence-corrected chi connectivity index (χ1v) is 9.00. The topological polar surface area (TPSA) is 50.2 Å². The van der Waals surface area contributed by atoms with E-state index in [4.69, 9.17) is 28.3 Å². The number of aliphatic carboxylic acids is 1. The molecule has 1 N–H and O–H groups in total. The van der Waals surface area contributed by atoms with Gasteiger partial charge in [-0.2, -0.15) is 0 Å². The van der Waals surface area contributed by atoms with Crippen molar-refractivity contribution in [1.29, 1.82) is 0 Å². The number of halogens is 2. The fourth-order valence-corrected chi connectivity index (χ4v) is 3.77. The van der Waals surface area contributed by atoms with E-state index in [1.165, 1.54) is 11.3 Å². The van der Waals surface area contributed by atoms with Crippen LogP contribution in [0.25, 0.3) is 23.4 Å². The molecule has 0 aliphatic carbocycles. The molecule has 0 aliphatic heterocycles. The van der Waals surface area contributed by atoms with E-state index in [1.807, 2.05) is 48.6 Å². The predicted octanol–water partition coefficient (Wildman–Crippen LogP) is 5.91. The second kappa shape index (κ2) is 7.83. The molecule has 3 rings (SSSR count). The Morgan fingerprint density at radius 3 is 2.56 bits per heavy atom. The summed E-state index contributed by atoms with van der Waals surface area (Å²) in [6, 6.07) is 14.8. The summed E-state index contributed by atoms with van der Waals surface area (Å²) in [5.41, 5.74) is 2.43. The molecule has 0 spiro atoms. The van der Waals surface area contributed by atoms with Gasteiger partial charge in [-0.3, -0.25) is 4.79 Å². The molecule has 0 amide bonds. The number of rotatable bonds is 5. The van der Waals surface area contributed by atoms with E-state index >= 15 is 0 Å². The zero-order chi connectivity index (χ0) is 17.8. The molecule has 0 bridgehead atoms. The molecular formula is C19H13Cl2NO2S. The van der Waals surface area contributed by atoms with Gasteiger partial charge in [0.25, 0.3) is 0 Å². The molecule has 0 fully saturated rings. The van der Waals surface area contributed by atoms with Crippen molar-refractivity contribution < 1.29 is 9.90 Å². The number of carboxylic acids is 1. The Kier molecular flexibility index (Phi) is 5.53. The maximum Gasteiger partial charge on any atom is 0.308 e. The van der Waals surface area contributed by atoms with Crippen LogP contribution in [0.3, 0.4) is 0 Å². The van der Waals surface area contributed by atoms with Crippen molar-refractivity contribution in [2.24, 2.45) is 0 Å². The van der Waals surface area contributed by atoms with E-state index in [2.05, 4.69) is 4.98 Å². The Morgan fingerprint density at radius 2 is 1.88 bits per heavy atom. The number of carbonyl (C=O) groups is 1. The summed E-state index contributed by atoms with van der Waals surface area (Å²) in [7, 11) is 0. The van der Waals surface area contributed by atoms with Crippen molar-refractivity contribution in [2.45, 2.75) is 6.42 Å². The number of aromatic nitrogens is 1. The van der Waals surface area contributed by atoms with Crippen LogP contribution in [0.5, 0.6) is 0 Å². The number of hydrogen-bond donors (Lipinski definition) is 1. The fourth-order valence-electron chi connectivity index (χ4n) is 2.32. The molecule has 3 aromatic rings. The maximum atomic E-state index is 11.1. The van der Waals surface area contributed by atoms with Crippen LogP contribution in [0.15, 0.2) is 48.5 Å². The van der Waals surface area contributed by atoms with E-state index in [0.717, 1.165) is 21.0 Å². The van der Waals surface area contributed by atoms with Gasteiger partial charge in [0.15, 0.2) is 0 Å². The van der Waals surface area contributed by atoms with Gasteiger partial charge in [-0.25, -0.2) is 4.98 Å². The molecule has 126 valence electrons. The Morgan fingerprint density at radius 1 is 1.12 bits per heavy atom. The summed E-state index contributed by atoms with van der Waals surface area (Å²) in [6.45, 7) is 0. The van der Waals surface area contributed by atoms with Gasteiger partial charge in [0.05, 0.1) is 12.1 Å². The van der Waals surface area contributed by atoms with Crippen LogP contribution in [-0.2, 0) is 11.2 Å². The van der Waals surface area contributed by atoms with Crippen molar-refractivity contribution in [3.8, 4) is 11.3 Å². The standard InChI is InChI=1S/C19H13Cl2NO2S/c20-14-8-6-12(15(21)10-14)7-9-17-22-19(13-4-2-1-3-5-13)16(25-17)11-18(23)24/h1-10H,11H2,(H,23,24)/b9-7+. The molecule has 1 aromatic heterocycles. The molecule has 6 heteroatoms. The molecule has 0 aliphatic rings. The zero-order valence-corrected chi connectivity index (χ0v) is 15.3. The summed E-state index contributed by atoms with van der Waals surface area (Å²) >= 11 is 13.4. The lowest BCUT2D eigenvalue weighted by atomic mass is 10.1. The summed E-state index contributed by atoms with van der Waals surface area (Å²) in [6.07, 6.45) is 3.62. The highest BCUT2D eigenvalue weighted by molar-refractivity contribution is 7.13. The van der Waals surface area contributed by atoms with Crippen LogP contribution in [0.2, 0.25) is 10.0 Å². The molecule has 2 aromatic carbocycles. The van der Waals surface area contributed by atoms with Gasteiger partial charge in [-0.05, 0) is 23.8 Å². The Labute approximate surface area is 159 Å². The highest BCUT2D eigenvalue weighted by Gasteiger charge is 2.14. The van der Waals surface area contributed by atoms with Gasteiger partial charge in [0.1, 0.15) is 5.01 Å². The second-order valence-corrected chi connectivity index (χ2v) is 7.22. The second-order valence-electron chi connectivity index (χ2n) is 5.26. The van der Waals surface area contributed by atoms with Gasteiger partial charge in [0, 0.05) is 20.5 Å². The molecule has 0 saturated carbocycles. The van der Waals surface area contributed by atoms with Crippen molar-refractivity contribution in [1.82, 2.24) is 4.98 Å². The molecule has 0 radical (unpaired) electrons. The van der Waals surface area contributed by atoms with Crippen LogP contribution in [0.1, 0.15) is 15.4 Å². The first kappa shape index (κ1) is 17.7. The van der Waals surface area contributed by atoms with Crippen LogP contribution in [-0.4, -0.2) is 16.1 Å². The molecule has 25 heavy (non-hydrogen) atoms. The van der Waals surface area contributed by atoms with Gasteiger partial charge >= 0.3 is 5.97 Å². The van der Waals surface area contributed by atoms with Gasteiger partial charge in [0.2, 0.25) is 0 Å². The zero-order valence-electron chi connectivity index (χ0n) is 12.9. The minimum atomic E-state index is -0.878. The van der Waals surface area contributed by atoms with Crippen LogP contribution >= 0.6 is 34.5 Å². The minimum absolute atomic E-state index is 0.0581. The average Bonchev–Trinajstić information content (AvgIpc) is 2.97. The lowest BCUT2D eigenvalue weighted by Crippen LogP contribution is -1.99. The number of benzene rings is 2. The maximum absolute atomic E-state index is 11.1. The molecule has 0 saturated heterocycles. The largest absolute Gasteiger partial charge is 0.481 e. The third-order valence-corrected chi connectivity index (χ3v) is 5.02. The lowest BCUT2D eigenvalue weighted by Gasteiger charge is -1.99. The van der Waals surface area contributed by atoms with Crippen LogP contribution in [0, 0.1) is 0 Å². The quantitative estimate of drug-likeness (QED) is 0.589. The predicted molar refractivity (Wildman–Crippen MR) is 104 cm³/mol. The number of nitrogens with zero attached hydrogens (tertiary/aromatic N) is 1. The molecule has 0 unspecified atom stereocenters.